The van der Waals surface area contributed by atoms with Crippen LogP contribution >= 0.6 is 0 Å². The zero-order valence-corrected chi connectivity index (χ0v) is 12.8. The molecule has 4 N–H and O–H groups in total. The minimum absolute atomic E-state index is 0.174. The molecule has 116 valence electrons. The summed E-state index contributed by atoms with van der Waals surface area (Å²) in [6, 6.07) is 20.1. The fourth-order valence-electron chi connectivity index (χ4n) is 2.68. The summed E-state index contributed by atoms with van der Waals surface area (Å²) >= 11 is 0. The molecule has 0 fully saturated rings. The van der Waals surface area contributed by atoms with Crippen molar-refractivity contribution in [2.75, 3.05) is 11.5 Å². The number of nitrogens with zero attached hydrogens (tertiary/aromatic N) is 3. The van der Waals surface area contributed by atoms with Gasteiger partial charge >= 0.3 is 0 Å². The van der Waals surface area contributed by atoms with E-state index in [2.05, 4.69) is 39.2 Å². The Morgan fingerprint density at radius 2 is 1.67 bits per heavy atom. The topological polar surface area (TPSA) is 90.2 Å². The zero-order valence-electron chi connectivity index (χ0n) is 12.8. The van der Waals surface area contributed by atoms with Crippen LogP contribution in [0.3, 0.4) is 0 Å². The Kier molecular flexibility index (Phi) is 3.31. The van der Waals surface area contributed by atoms with Gasteiger partial charge in [-0.05, 0) is 40.6 Å². The normalized spacial score (nSPS) is 11.5. The number of nitrogen functional groups attached to an aromatic ring is 2. The van der Waals surface area contributed by atoms with E-state index >= 15 is 0 Å². The highest BCUT2D eigenvalue weighted by Crippen LogP contribution is 2.24. The minimum atomic E-state index is 0.174. The molecule has 0 amide bonds. The van der Waals surface area contributed by atoms with E-state index in [-0.39, 0.29) is 5.95 Å². The molecule has 0 unspecified atom stereocenters. The number of benzene rings is 3. The Hall–Kier alpha value is -3.47. The fraction of sp³-hybridized carbons (Fsp3) is 0. The summed E-state index contributed by atoms with van der Waals surface area (Å²) in [5.74, 6) is 0.535. The standard InChI is InChI=1S/C19H15N5/c20-18-16-10-15(7-8-17(16)23-19(21)24-18)22-11-12-5-6-13-3-1-2-4-14(13)9-12/h1-11H,(H4,20,21,23,24). The lowest BCUT2D eigenvalue weighted by molar-refractivity contribution is 1.24. The minimum Gasteiger partial charge on any atom is -0.383 e. The summed E-state index contributed by atoms with van der Waals surface area (Å²) in [6.07, 6.45) is 1.84. The first kappa shape index (κ1) is 14.1. The van der Waals surface area contributed by atoms with Crippen molar-refractivity contribution in [3.63, 3.8) is 0 Å². The van der Waals surface area contributed by atoms with Gasteiger partial charge in [-0.1, -0.05) is 36.4 Å². The van der Waals surface area contributed by atoms with Crippen LogP contribution in [0.1, 0.15) is 5.56 Å². The second-order valence-corrected chi connectivity index (χ2v) is 5.53. The van der Waals surface area contributed by atoms with Crippen LogP contribution in [-0.4, -0.2) is 16.2 Å². The molecule has 1 heterocycles. The second-order valence-electron chi connectivity index (χ2n) is 5.53. The first-order valence-electron chi connectivity index (χ1n) is 7.55. The number of aromatic nitrogens is 2. The van der Waals surface area contributed by atoms with Gasteiger partial charge in [0.15, 0.2) is 0 Å². The quantitative estimate of drug-likeness (QED) is 0.552. The van der Waals surface area contributed by atoms with Crippen molar-refractivity contribution in [1.82, 2.24) is 9.97 Å². The number of nitrogens with two attached hydrogens (primary N) is 2. The Morgan fingerprint density at radius 1 is 0.833 bits per heavy atom. The van der Waals surface area contributed by atoms with Gasteiger partial charge in [0, 0.05) is 11.6 Å². The van der Waals surface area contributed by atoms with E-state index < -0.39 is 0 Å². The zero-order chi connectivity index (χ0) is 16.5. The molecule has 0 aliphatic heterocycles. The summed E-state index contributed by atoms with van der Waals surface area (Å²) in [7, 11) is 0. The van der Waals surface area contributed by atoms with Crippen LogP contribution in [0.4, 0.5) is 17.5 Å². The van der Waals surface area contributed by atoms with E-state index in [0.29, 0.717) is 11.3 Å². The number of hydrogen-bond acceptors (Lipinski definition) is 5. The molecule has 1 aromatic heterocycles. The number of hydrogen-bond donors (Lipinski definition) is 2. The molecule has 0 spiro atoms. The highest BCUT2D eigenvalue weighted by molar-refractivity contribution is 5.94. The maximum atomic E-state index is 5.91. The number of rotatable bonds is 2. The molecule has 3 aromatic carbocycles. The summed E-state index contributed by atoms with van der Waals surface area (Å²) in [5, 5.41) is 3.15. The number of anilines is 2. The van der Waals surface area contributed by atoms with Crippen molar-refractivity contribution in [3.05, 3.63) is 66.2 Å². The van der Waals surface area contributed by atoms with Gasteiger partial charge in [-0.25, -0.2) is 4.98 Å². The van der Waals surface area contributed by atoms with Crippen molar-refractivity contribution in [1.29, 1.82) is 0 Å². The van der Waals surface area contributed by atoms with Crippen LogP contribution in [-0.2, 0) is 0 Å². The van der Waals surface area contributed by atoms with Crippen LogP contribution in [0.5, 0.6) is 0 Å². The molecular formula is C19H15N5. The van der Waals surface area contributed by atoms with E-state index in [1.54, 1.807) is 0 Å². The molecule has 0 aliphatic rings. The van der Waals surface area contributed by atoms with Crippen LogP contribution in [0.2, 0.25) is 0 Å². The SMILES string of the molecule is Nc1nc(N)c2cc(N=Cc3ccc4ccccc4c3)ccc2n1. The molecule has 4 rings (SSSR count). The van der Waals surface area contributed by atoms with Gasteiger partial charge in [-0.15, -0.1) is 0 Å². The number of fused-ring (bicyclic) bond motifs is 2. The van der Waals surface area contributed by atoms with Gasteiger partial charge < -0.3 is 11.5 Å². The van der Waals surface area contributed by atoms with Gasteiger partial charge in [0.1, 0.15) is 5.82 Å². The Bertz CT molecular complexity index is 1090. The van der Waals surface area contributed by atoms with E-state index in [9.17, 15) is 0 Å². The van der Waals surface area contributed by atoms with Crippen molar-refractivity contribution in [2.45, 2.75) is 0 Å². The Balaban J connectivity index is 1.70. The molecule has 0 atom stereocenters. The molecule has 5 nitrogen and oxygen atoms in total. The van der Waals surface area contributed by atoms with E-state index in [0.717, 1.165) is 16.6 Å². The van der Waals surface area contributed by atoms with Crippen molar-refractivity contribution >= 4 is 45.3 Å². The maximum absolute atomic E-state index is 5.91. The smallest absolute Gasteiger partial charge is 0.222 e. The fourth-order valence-corrected chi connectivity index (χ4v) is 2.68. The largest absolute Gasteiger partial charge is 0.383 e. The van der Waals surface area contributed by atoms with Gasteiger partial charge in [-0.3, -0.25) is 4.99 Å². The lowest BCUT2D eigenvalue weighted by Gasteiger charge is -2.03. The third kappa shape index (κ3) is 2.63. The second kappa shape index (κ2) is 5.62. The first-order chi connectivity index (χ1) is 11.7. The third-order valence-electron chi connectivity index (χ3n) is 3.86. The van der Waals surface area contributed by atoms with Crippen molar-refractivity contribution in [3.8, 4) is 0 Å². The summed E-state index contributed by atoms with van der Waals surface area (Å²) in [4.78, 5) is 12.7. The van der Waals surface area contributed by atoms with E-state index in [1.807, 2.05) is 42.6 Å². The maximum Gasteiger partial charge on any atom is 0.222 e. The van der Waals surface area contributed by atoms with Crippen molar-refractivity contribution < 1.29 is 0 Å². The molecule has 0 saturated carbocycles. The lowest BCUT2D eigenvalue weighted by Crippen LogP contribution is -2.00. The summed E-state index contributed by atoms with van der Waals surface area (Å²) < 4.78 is 0. The Morgan fingerprint density at radius 3 is 2.54 bits per heavy atom. The van der Waals surface area contributed by atoms with Crippen LogP contribution in [0.25, 0.3) is 21.7 Å². The summed E-state index contributed by atoms with van der Waals surface area (Å²) in [6.45, 7) is 0. The van der Waals surface area contributed by atoms with Gasteiger partial charge in [0.25, 0.3) is 0 Å². The molecule has 5 heteroatoms. The Labute approximate surface area is 138 Å². The van der Waals surface area contributed by atoms with E-state index in [1.165, 1.54) is 10.8 Å². The molecule has 0 bridgehead atoms. The number of aliphatic imine (C=N–C) groups is 1. The molecule has 4 aromatic rings. The average molecular weight is 313 g/mol. The van der Waals surface area contributed by atoms with Crippen LogP contribution < -0.4 is 11.5 Å². The molecule has 24 heavy (non-hydrogen) atoms. The summed E-state index contributed by atoms with van der Waals surface area (Å²) in [5.41, 5.74) is 14.1. The first-order valence-corrected chi connectivity index (χ1v) is 7.55. The lowest BCUT2D eigenvalue weighted by atomic mass is 10.1. The highest BCUT2D eigenvalue weighted by Gasteiger charge is 2.04. The van der Waals surface area contributed by atoms with Gasteiger partial charge in [0.2, 0.25) is 5.95 Å². The van der Waals surface area contributed by atoms with Gasteiger partial charge in [-0.2, -0.15) is 4.98 Å². The van der Waals surface area contributed by atoms with Crippen LogP contribution in [0, 0.1) is 0 Å². The van der Waals surface area contributed by atoms with E-state index in [4.69, 9.17) is 11.5 Å². The monoisotopic (exact) mass is 313 g/mol. The van der Waals surface area contributed by atoms with Crippen LogP contribution in [0.15, 0.2) is 65.7 Å². The van der Waals surface area contributed by atoms with Crippen molar-refractivity contribution in [2.24, 2.45) is 4.99 Å². The highest BCUT2D eigenvalue weighted by atomic mass is 15.0. The molecule has 0 aliphatic carbocycles. The third-order valence-corrected chi connectivity index (χ3v) is 3.86. The molecule has 0 radical (unpaired) electrons. The molecule has 0 saturated heterocycles. The van der Waals surface area contributed by atoms with Gasteiger partial charge in [0.05, 0.1) is 11.2 Å². The molecular weight excluding hydrogens is 298 g/mol. The predicted octanol–water partition coefficient (Wildman–Crippen LogP) is 3.70. The average Bonchev–Trinajstić information content (AvgIpc) is 2.60. The predicted molar refractivity (Wildman–Crippen MR) is 99.6 cm³/mol.